The van der Waals surface area contributed by atoms with Gasteiger partial charge in [-0.15, -0.1) is 5.10 Å². The first-order valence-electron chi connectivity index (χ1n) is 12.2. The number of halogens is 1. The van der Waals surface area contributed by atoms with Gasteiger partial charge in [0, 0.05) is 36.7 Å². The fraction of sp³-hybridized carbons (Fsp3) is 0.444. The fourth-order valence-corrected chi connectivity index (χ4v) is 4.79. The van der Waals surface area contributed by atoms with Gasteiger partial charge in [-0.2, -0.15) is 4.68 Å². The summed E-state index contributed by atoms with van der Waals surface area (Å²) in [5.41, 5.74) is 2.17. The Morgan fingerprint density at radius 1 is 1.20 bits per heavy atom. The predicted molar refractivity (Wildman–Crippen MR) is 138 cm³/mol. The van der Waals surface area contributed by atoms with E-state index in [1.165, 1.54) is 14.8 Å². The molecule has 35 heavy (non-hydrogen) atoms. The Balaban J connectivity index is 1.57. The topological polar surface area (TPSA) is 80.4 Å². The van der Waals surface area contributed by atoms with E-state index in [1.807, 2.05) is 44.2 Å². The van der Waals surface area contributed by atoms with Gasteiger partial charge < -0.3 is 10.0 Å². The summed E-state index contributed by atoms with van der Waals surface area (Å²) in [4.78, 5) is 28.3. The molecule has 2 heterocycles. The molecule has 2 aromatic carbocycles. The molecule has 1 aliphatic heterocycles. The van der Waals surface area contributed by atoms with E-state index in [2.05, 4.69) is 10.00 Å². The SMILES string of the molecule is CC(C)CC(=O)Cn1c(-c2cccc(Cl)c2)nn(-c2ccc(CCN3CCC(CO)C3)cc2)c1=O. The molecule has 0 spiro atoms. The van der Waals surface area contributed by atoms with Crippen molar-refractivity contribution in [2.75, 3.05) is 26.2 Å². The quantitative estimate of drug-likeness (QED) is 0.461. The summed E-state index contributed by atoms with van der Waals surface area (Å²) in [6, 6.07) is 15.0. The molecule has 1 saturated heterocycles. The van der Waals surface area contributed by atoms with Crippen molar-refractivity contribution in [2.45, 2.75) is 39.7 Å². The number of carbonyl (C=O) groups is 1. The van der Waals surface area contributed by atoms with Crippen molar-refractivity contribution in [3.63, 3.8) is 0 Å². The van der Waals surface area contributed by atoms with E-state index in [4.69, 9.17) is 11.6 Å². The van der Waals surface area contributed by atoms with E-state index in [0.717, 1.165) is 32.5 Å². The van der Waals surface area contributed by atoms with Crippen LogP contribution in [0.3, 0.4) is 0 Å². The summed E-state index contributed by atoms with van der Waals surface area (Å²) in [7, 11) is 0. The number of nitrogens with zero attached hydrogens (tertiary/aromatic N) is 4. The lowest BCUT2D eigenvalue weighted by atomic mass is 10.1. The summed E-state index contributed by atoms with van der Waals surface area (Å²) in [6.07, 6.45) is 2.35. The number of aliphatic hydroxyl groups excluding tert-OH is 1. The van der Waals surface area contributed by atoms with Crippen LogP contribution < -0.4 is 5.69 Å². The molecule has 8 heteroatoms. The minimum absolute atomic E-state index is 0.00868. The number of carbonyl (C=O) groups excluding carboxylic acids is 1. The van der Waals surface area contributed by atoms with Gasteiger partial charge in [-0.25, -0.2) is 4.79 Å². The maximum Gasteiger partial charge on any atom is 0.351 e. The molecule has 0 saturated carbocycles. The highest BCUT2D eigenvalue weighted by molar-refractivity contribution is 6.30. The Morgan fingerprint density at radius 3 is 2.63 bits per heavy atom. The van der Waals surface area contributed by atoms with Crippen molar-refractivity contribution >= 4 is 17.4 Å². The van der Waals surface area contributed by atoms with Crippen LogP contribution in [0.15, 0.2) is 53.3 Å². The number of ketones is 1. The lowest BCUT2D eigenvalue weighted by molar-refractivity contribution is -0.120. The number of Topliss-reactive ketones (excluding diaryl/α,β-unsaturated/α-hetero) is 1. The van der Waals surface area contributed by atoms with Crippen molar-refractivity contribution in [1.29, 1.82) is 0 Å². The molecular formula is C27H33ClN4O3. The van der Waals surface area contributed by atoms with Crippen molar-refractivity contribution in [3.8, 4) is 17.1 Å². The lowest BCUT2D eigenvalue weighted by Crippen LogP contribution is -2.27. The second kappa shape index (κ2) is 11.3. The predicted octanol–water partition coefficient (Wildman–Crippen LogP) is 3.83. The van der Waals surface area contributed by atoms with E-state index in [9.17, 15) is 14.7 Å². The van der Waals surface area contributed by atoms with Gasteiger partial charge in [0.1, 0.15) is 0 Å². The molecule has 0 bridgehead atoms. The van der Waals surface area contributed by atoms with E-state index in [-0.39, 0.29) is 30.5 Å². The molecule has 4 rings (SSSR count). The minimum Gasteiger partial charge on any atom is -0.396 e. The van der Waals surface area contributed by atoms with E-state index >= 15 is 0 Å². The van der Waals surface area contributed by atoms with E-state index in [1.54, 1.807) is 18.2 Å². The van der Waals surface area contributed by atoms with Crippen LogP contribution in [-0.4, -0.2) is 56.4 Å². The van der Waals surface area contributed by atoms with Gasteiger partial charge in [0.05, 0.1) is 12.2 Å². The molecule has 7 nitrogen and oxygen atoms in total. The average Bonchev–Trinajstić information content (AvgIpc) is 3.42. The Morgan fingerprint density at radius 2 is 1.97 bits per heavy atom. The molecule has 1 aromatic heterocycles. The number of benzene rings is 2. The van der Waals surface area contributed by atoms with Gasteiger partial charge in [-0.05, 0) is 61.1 Å². The highest BCUT2D eigenvalue weighted by Gasteiger charge is 2.22. The fourth-order valence-electron chi connectivity index (χ4n) is 4.60. The van der Waals surface area contributed by atoms with Crippen LogP contribution in [0.5, 0.6) is 0 Å². The third-order valence-electron chi connectivity index (χ3n) is 6.44. The van der Waals surface area contributed by atoms with Gasteiger partial charge >= 0.3 is 5.69 Å². The van der Waals surface area contributed by atoms with Crippen LogP contribution in [0.2, 0.25) is 5.02 Å². The van der Waals surface area contributed by atoms with Gasteiger partial charge in [-0.3, -0.25) is 9.36 Å². The Hall–Kier alpha value is -2.74. The first-order valence-corrected chi connectivity index (χ1v) is 12.6. The number of hydrogen-bond acceptors (Lipinski definition) is 5. The third kappa shape index (κ3) is 6.28. The summed E-state index contributed by atoms with van der Waals surface area (Å²) in [6.45, 7) is 7.12. The minimum atomic E-state index is -0.350. The number of aromatic nitrogens is 3. The van der Waals surface area contributed by atoms with Crippen LogP contribution in [-0.2, 0) is 17.8 Å². The van der Waals surface area contributed by atoms with Gasteiger partial charge in [0.25, 0.3) is 0 Å². The van der Waals surface area contributed by atoms with Gasteiger partial charge in [0.2, 0.25) is 0 Å². The summed E-state index contributed by atoms with van der Waals surface area (Å²) in [5, 5.41) is 14.5. The average molecular weight is 497 g/mol. The van der Waals surface area contributed by atoms with E-state index < -0.39 is 0 Å². The standard InChI is InChI=1S/C27H33ClN4O3/c1-19(2)14-25(34)17-31-26(22-4-3-5-23(28)15-22)29-32(27(31)35)24-8-6-20(7-9-24)10-12-30-13-11-21(16-30)18-33/h3-9,15,19,21,33H,10-14,16-18H2,1-2H3. The smallest absolute Gasteiger partial charge is 0.351 e. The van der Waals surface area contributed by atoms with Crippen LogP contribution in [0.4, 0.5) is 0 Å². The number of aliphatic hydroxyl groups is 1. The number of rotatable bonds is 10. The molecule has 0 aliphatic carbocycles. The molecule has 186 valence electrons. The molecule has 1 atom stereocenters. The molecule has 1 N–H and O–H groups in total. The Labute approximate surface area is 211 Å². The third-order valence-corrected chi connectivity index (χ3v) is 6.68. The van der Waals surface area contributed by atoms with Crippen molar-refractivity contribution in [1.82, 2.24) is 19.2 Å². The second-order valence-corrected chi connectivity index (χ2v) is 10.2. The highest BCUT2D eigenvalue weighted by atomic mass is 35.5. The molecule has 1 aliphatic rings. The monoisotopic (exact) mass is 496 g/mol. The van der Waals surface area contributed by atoms with Crippen molar-refractivity contribution < 1.29 is 9.90 Å². The highest BCUT2D eigenvalue weighted by Crippen LogP contribution is 2.22. The zero-order chi connectivity index (χ0) is 24.9. The summed E-state index contributed by atoms with van der Waals surface area (Å²) < 4.78 is 2.80. The van der Waals surface area contributed by atoms with Crippen LogP contribution in [0, 0.1) is 11.8 Å². The second-order valence-electron chi connectivity index (χ2n) is 9.81. The first kappa shape index (κ1) is 25.4. The molecule has 0 amide bonds. The summed E-state index contributed by atoms with van der Waals surface area (Å²) >= 11 is 6.19. The molecule has 3 aromatic rings. The maximum absolute atomic E-state index is 13.4. The Kier molecular flexibility index (Phi) is 8.21. The Bertz CT molecular complexity index is 1220. The first-order chi connectivity index (χ1) is 16.8. The number of likely N-dealkylation sites (tertiary alicyclic amines) is 1. The molecule has 1 unspecified atom stereocenters. The van der Waals surface area contributed by atoms with Crippen LogP contribution in [0.25, 0.3) is 17.1 Å². The summed E-state index contributed by atoms with van der Waals surface area (Å²) in [5.74, 6) is 1.02. The molecule has 0 radical (unpaired) electrons. The molecule has 1 fully saturated rings. The van der Waals surface area contributed by atoms with Gasteiger partial charge in [-0.1, -0.05) is 49.7 Å². The largest absolute Gasteiger partial charge is 0.396 e. The van der Waals surface area contributed by atoms with Crippen molar-refractivity contribution in [3.05, 3.63) is 69.6 Å². The number of hydrogen-bond donors (Lipinski definition) is 1. The lowest BCUT2D eigenvalue weighted by Gasteiger charge is -2.15. The molecular weight excluding hydrogens is 464 g/mol. The maximum atomic E-state index is 13.4. The van der Waals surface area contributed by atoms with Gasteiger partial charge in [0.15, 0.2) is 11.6 Å². The zero-order valence-corrected chi connectivity index (χ0v) is 21.1. The van der Waals surface area contributed by atoms with Crippen molar-refractivity contribution in [2.24, 2.45) is 11.8 Å². The normalized spacial score (nSPS) is 16.3. The van der Waals surface area contributed by atoms with Crippen LogP contribution >= 0.6 is 11.6 Å². The van der Waals surface area contributed by atoms with Crippen LogP contribution in [0.1, 0.15) is 32.3 Å². The zero-order valence-electron chi connectivity index (χ0n) is 20.4. The van der Waals surface area contributed by atoms with E-state index in [0.29, 0.717) is 34.4 Å².